The van der Waals surface area contributed by atoms with Crippen molar-refractivity contribution < 1.29 is 35.4 Å². The second-order valence-corrected chi connectivity index (χ2v) is 19.5. The van der Waals surface area contributed by atoms with Crippen LogP contribution in [0.5, 0.6) is 0 Å². The molecule has 82 heavy (non-hydrogen) atoms. The molecule has 0 atom stereocenters. The highest BCUT2D eigenvalue weighted by Gasteiger charge is 2.39. The summed E-state index contributed by atoms with van der Waals surface area (Å²) in [4.78, 5) is 66.1. The number of nitrogens with two attached hydrogens (primary N) is 1. The minimum Gasteiger partial charge on any atom is -0.382 e. The van der Waals surface area contributed by atoms with Crippen molar-refractivity contribution >= 4 is 101 Å². The maximum Gasteiger partial charge on any atom is 0.471 e. The van der Waals surface area contributed by atoms with Crippen LogP contribution in [0.2, 0.25) is 0 Å². The Morgan fingerprint density at radius 2 is 1.04 bits per heavy atom. The number of nitrogen functional groups attached to an aromatic ring is 1. The van der Waals surface area contributed by atoms with E-state index in [1.54, 1.807) is 116 Å². The van der Waals surface area contributed by atoms with Crippen molar-refractivity contribution in [3.63, 3.8) is 0 Å². The maximum atomic E-state index is 12.7. The number of nitrogens with zero attached hydrogens (tertiary/aromatic N) is 20. The van der Waals surface area contributed by atoms with Crippen LogP contribution in [0.3, 0.4) is 0 Å². The summed E-state index contributed by atoms with van der Waals surface area (Å²) in [6, 6.07) is 12.2. The van der Waals surface area contributed by atoms with Gasteiger partial charge in [-0.1, -0.05) is 26.2 Å². The zero-order valence-electron chi connectivity index (χ0n) is 43.7. The van der Waals surface area contributed by atoms with E-state index in [0.29, 0.717) is 62.6 Å². The molecule has 10 aromatic heterocycles. The molecule has 0 aliphatic carbocycles. The molecule has 3 N–H and O–H groups in total. The SMILES string of the molecule is C#C.CN(C)c1nccc(Br)n1.CN(C)c1nccc(N(Cc2ccc(-c3noc(C(F)(F)F)n3)s2)c2cnccn2)n1.CN(C)c1nccc(Nc2cnccn2)n1.FC(F)(F)c1nc(-c2ccc(CBr)s2)no1.Nc1cnccn1. The van der Waals surface area contributed by atoms with Crippen LogP contribution in [0.25, 0.3) is 21.4 Å². The molecule has 0 bridgehead atoms. The molecule has 10 rings (SSSR count). The maximum absolute atomic E-state index is 12.7. The molecule has 0 aromatic carbocycles. The number of aromatic nitrogens is 16. The Labute approximate surface area is 488 Å². The van der Waals surface area contributed by atoms with Crippen LogP contribution >= 0.6 is 54.5 Å². The lowest BCUT2D eigenvalue weighted by atomic mass is 10.3. The molecule has 0 unspecified atom stereocenters. The van der Waals surface area contributed by atoms with Crippen LogP contribution in [-0.2, 0) is 24.2 Å². The van der Waals surface area contributed by atoms with E-state index in [2.05, 4.69) is 139 Å². The van der Waals surface area contributed by atoms with Crippen LogP contribution in [-0.4, -0.2) is 122 Å². The first kappa shape index (κ1) is 63.9. The van der Waals surface area contributed by atoms with Gasteiger partial charge in [-0.15, -0.1) is 35.5 Å². The number of terminal acetylenes is 1. The number of alkyl halides is 7. The predicted octanol–water partition coefficient (Wildman–Crippen LogP) is 10.2. The molecule has 10 heterocycles. The summed E-state index contributed by atoms with van der Waals surface area (Å²) in [5.41, 5.74) is 5.18. The summed E-state index contributed by atoms with van der Waals surface area (Å²) in [7, 11) is 11.3. The first-order valence-corrected chi connectivity index (χ1v) is 26.4. The lowest BCUT2D eigenvalue weighted by molar-refractivity contribution is -0.160. The molecular formula is C48H46Br2F6N22O2S2. The van der Waals surface area contributed by atoms with E-state index in [9.17, 15) is 26.3 Å². The van der Waals surface area contributed by atoms with Gasteiger partial charge >= 0.3 is 24.1 Å². The summed E-state index contributed by atoms with van der Waals surface area (Å²) in [6.45, 7) is 0.344. The van der Waals surface area contributed by atoms with Gasteiger partial charge < -0.3 is 39.7 Å². The van der Waals surface area contributed by atoms with Gasteiger partial charge in [0.25, 0.3) is 0 Å². The number of anilines is 8. The predicted molar refractivity (Wildman–Crippen MR) is 304 cm³/mol. The molecule has 0 radical (unpaired) electrons. The minimum absolute atomic E-state index is 0.0375. The third-order valence-electron chi connectivity index (χ3n) is 9.13. The topological polar surface area (TPSA) is 284 Å². The van der Waals surface area contributed by atoms with Gasteiger partial charge in [-0.25, -0.2) is 34.9 Å². The Kier molecular flexibility index (Phi) is 24.3. The molecule has 428 valence electrons. The van der Waals surface area contributed by atoms with Crippen molar-refractivity contribution in [2.24, 2.45) is 0 Å². The average Bonchev–Trinajstić information content (AvgIpc) is 4.37. The molecule has 0 spiro atoms. The number of hydrogen-bond donors (Lipinski definition) is 2. The van der Waals surface area contributed by atoms with Gasteiger partial charge in [-0.3, -0.25) is 15.0 Å². The Balaban J connectivity index is 0.000000204. The fourth-order valence-electron chi connectivity index (χ4n) is 5.58. The summed E-state index contributed by atoms with van der Waals surface area (Å²) < 4.78 is 84.0. The molecule has 0 fully saturated rings. The summed E-state index contributed by atoms with van der Waals surface area (Å²) in [5.74, 6) is 1.98. The molecule has 0 aliphatic heterocycles. The van der Waals surface area contributed by atoms with Gasteiger partial charge in [-0.2, -0.15) is 46.3 Å². The normalized spacial score (nSPS) is 10.5. The van der Waals surface area contributed by atoms with Crippen molar-refractivity contribution in [3.8, 4) is 34.2 Å². The van der Waals surface area contributed by atoms with Crippen LogP contribution in [0.15, 0.2) is 130 Å². The zero-order chi connectivity index (χ0) is 59.8. The van der Waals surface area contributed by atoms with Gasteiger partial charge in [-0.05, 0) is 58.4 Å². The smallest absolute Gasteiger partial charge is 0.382 e. The van der Waals surface area contributed by atoms with E-state index >= 15 is 0 Å². The van der Waals surface area contributed by atoms with Gasteiger partial charge in [0.2, 0.25) is 29.5 Å². The highest BCUT2D eigenvalue weighted by molar-refractivity contribution is 9.10. The van der Waals surface area contributed by atoms with E-state index in [-0.39, 0.29) is 11.6 Å². The van der Waals surface area contributed by atoms with Crippen molar-refractivity contribution in [3.05, 3.63) is 143 Å². The third-order valence-corrected chi connectivity index (χ3v) is 12.7. The van der Waals surface area contributed by atoms with Crippen LogP contribution in [0.1, 0.15) is 21.5 Å². The molecule has 10 aromatic rings. The molecule has 0 aliphatic rings. The van der Waals surface area contributed by atoms with Gasteiger partial charge in [0.1, 0.15) is 27.9 Å². The van der Waals surface area contributed by atoms with Crippen molar-refractivity contribution in [2.75, 3.05) is 72.9 Å². The Bertz CT molecular complexity index is 3490. The minimum atomic E-state index is -4.69. The fourth-order valence-corrected chi connectivity index (χ4v) is 8.10. The number of nitrogens with one attached hydrogen (secondary N) is 1. The highest BCUT2D eigenvalue weighted by atomic mass is 79.9. The lowest BCUT2D eigenvalue weighted by Crippen LogP contribution is -2.20. The van der Waals surface area contributed by atoms with E-state index in [4.69, 9.17) is 5.73 Å². The second kappa shape index (κ2) is 31.2. The molecule has 0 saturated heterocycles. The second-order valence-electron chi connectivity index (χ2n) is 15.8. The lowest BCUT2D eigenvalue weighted by Gasteiger charge is -2.22. The summed E-state index contributed by atoms with van der Waals surface area (Å²) in [6.07, 6.45) is 18.0. The van der Waals surface area contributed by atoms with Crippen LogP contribution in [0.4, 0.5) is 73.3 Å². The largest absolute Gasteiger partial charge is 0.471 e. The Morgan fingerprint density at radius 3 is 1.48 bits per heavy atom. The van der Waals surface area contributed by atoms with Gasteiger partial charge in [0.05, 0.1) is 34.9 Å². The quantitative estimate of drug-likeness (QED) is 0.0497. The average molecular weight is 1300 g/mol. The van der Waals surface area contributed by atoms with E-state index in [1.165, 1.54) is 28.9 Å². The van der Waals surface area contributed by atoms with Crippen LogP contribution < -0.4 is 30.7 Å². The third kappa shape index (κ3) is 20.3. The Morgan fingerprint density at radius 1 is 0.537 bits per heavy atom. The Hall–Kier alpha value is -8.94. The van der Waals surface area contributed by atoms with E-state index < -0.39 is 24.1 Å². The molecular weight excluding hydrogens is 1250 g/mol. The number of rotatable bonds is 12. The first-order valence-electron chi connectivity index (χ1n) is 22.8. The van der Waals surface area contributed by atoms with Crippen molar-refractivity contribution in [1.82, 2.24) is 80.1 Å². The number of halogens is 8. The van der Waals surface area contributed by atoms with E-state index in [0.717, 1.165) is 20.3 Å². The van der Waals surface area contributed by atoms with Gasteiger partial charge in [0, 0.05) is 113 Å². The molecule has 24 nitrogen and oxygen atoms in total. The fraction of sp³-hybridized carbons (Fsp3) is 0.208. The monoisotopic (exact) mass is 1300 g/mol. The number of hydrogen-bond acceptors (Lipinski definition) is 26. The molecule has 34 heteroatoms. The highest BCUT2D eigenvalue weighted by Crippen LogP contribution is 2.35. The van der Waals surface area contributed by atoms with Gasteiger partial charge in [0.15, 0.2) is 5.82 Å². The zero-order valence-corrected chi connectivity index (χ0v) is 48.5. The van der Waals surface area contributed by atoms with Crippen LogP contribution in [0, 0.1) is 12.8 Å². The molecule has 0 saturated carbocycles. The van der Waals surface area contributed by atoms with E-state index in [1.807, 2.05) is 57.0 Å². The standard InChI is InChI=1S/C18H15F3N8OS.C10H12N6.C8H4BrF3N2OS.C6H8BrN3.C4H5N3.C2H2/c1-28(2)17-24-6-5-13(25-17)29(14-9-22-7-8-23-14)10-11-3-4-12(31-11)15-26-16(30-27-15)18(19,20)21;1-16(2)10-13-4-3-8(15-10)14-9-7-11-5-6-12-9;9-3-4-1-2-5(16-4)6-13-7(15-14-6)8(10,11)12;1-10(2)6-8-4-3-5(7)9-6;5-4-3-6-1-2-7-4;1-2/h3-9H,10H2,1-2H3;3-7H,1-2H3,(H,12,13,14,15);1-2H,3H2;3-4H,1-2H3;1-3H,(H2,5,7);1-2H. The number of thiophene rings is 2. The first-order chi connectivity index (χ1) is 39.2. The summed E-state index contributed by atoms with van der Waals surface area (Å²) in [5, 5.41) is 10.4. The molecule has 0 amide bonds. The summed E-state index contributed by atoms with van der Waals surface area (Å²) >= 11 is 9.05. The van der Waals surface area contributed by atoms with Crippen molar-refractivity contribution in [2.45, 2.75) is 24.2 Å². The van der Waals surface area contributed by atoms with Crippen molar-refractivity contribution in [1.29, 1.82) is 0 Å².